The lowest BCUT2D eigenvalue weighted by Crippen LogP contribution is -2.23. The maximum absolute atomic E-state index is 14.2. The largest absolute Gasteiger partial charge is 0.328 e. The van der Waals surface area contributed by atoms with Crippen LogP contribution in [0.1, 0.15) is 25.0 Å². The van der Waals surface area contributed by atoms with Crippen LogP contribution >= 0.6 is 0 Å². The molecule has 1 aromatic heterocycles. The van der Waals surface area contributed by atoms with Crippen LogP contribution < -0.4 is 5.73 Å². The van der Waals surface area contributed by atoms with Gasteiger partial charge in [-0.1, -0.05) is 0 Å². The zero-order chi connectivity index (χ0) is 9.47. The summed E-state index contributed by atoms with van der Waals surface area (Å²) in [7, 11) is 1.76. The Morgan fingerprint density at radius 1 is 1.77 bits per heavy atom. The summed E-state index contributed by atoms with van der Waals surface area (Å²) in [5.74, 6) is 0. The van der Waals surface area contributed by atoms with Crippen molar-refractivity contribution in [2.45, 2.75) is 31.0 Å². The fourth-order valence-electron chi connectivity index (χ4n) is 2.08. The molecule has 2 rings (SSSR count). The minimum absolute atomic E-state index is 0.0000926. The molecule has 2 N–H and O–H groups in total. The van der Waals surface area contributed by atoms with E-state index in [9.17, 15) is 4.39 Å². The van der Waals surface area contributed by atoms with E-state index in [1.165, 1.54) is 0 Å². The van der Waals surface area contributed by atoms with Crippen LogP contribution in [0, 0.1) is 0 Å². The molecule has 1 aliphatic carbocycles. The number of hydrogen-bond acceptors (Lipinski definition) is 2. The molecule has 72 valence electrons. The fourth-order valence-corrected chi connectivity index (χ4v) is 2.08. The predicted molar refractivity (Wildman–Crippen MR) is 47.8 cm³/mol. The highest BCUT2D eigenvalue weighted by molar-refractivity contribution is 5.15. The smallest absolute Gasteiger partial charge is 0.153 e. The van der Waals surface area contributed by atoms with Gasteiger partial charge in [-0.05, 0) is 18.9 Å². The third-order valence-electron chi connectivity index (χ3n) is 2.78. The number of alkyl halides is 1. The van der Waals surface area contributed by atoms with E-state index < -0.39 is 5.67 Å². The summed E-state index contributed by atoms with van der Waals surface area (Å²) >= 11 is 0. The van der Waals surface area contributed by atoms with Crippen molar-refractivity contribution in [1.82, 2.24) is 9.78 Å². The lowest BCUT2D eigenvalue weighted by molar-refractivity contribution is 0.159. The van der Waals surface area contributed by atoms with Crippen LogP contribution in [0.2, 0.25) is 0 Å². The third-order valence-corrected chi connectivity index (χ3v) is 2.78. The second kappa shape index (κ2) is 2.80. The number of nitrogens with zero attached hydrogens (tertiary/aromatic N) is 2. The Hall–Kier alpha value is -0.900. The van der Waals surface area contributed by atoms with Crippen molar-refractivity contribution in [3.63, 3.8) is 0 Å². The molecule has 1 aromatic rings. The van der Waals surface area contributed by atoms with Crippen molar-refractivity contribution < 1.29 is 4.39 Å². The molecular weight excluding hydrogens is 169 g/mol. The van der Waals surface area contributed by atoms with Gasteiger partial charge in [-0.25, -0.2) is 4.39 Å². The molecule has 0 saturated heterocycles. The molecule has 1 saturated carbocycles. The van der Waals surface area contributed by atoms with Crippen LogP contribution in [0.3, 0.4) is 0 Å². The molecule has 1 aliphatic rings. The fraction of sp³-hybridized carbons (Fsp3) is 0.667. The summed E-state index contributed by atoms with van der Waals surface area (Å²) in [5, 5.41) is 3.97. The summed E-state index contributed by atoms with van der Waals surface area (Å²) in [6.45, 7) is 0. The van der Waals surface area contributed by atoms with E-state index in [0.717, 1.165) is 6.42 Å². The minimum Gasteiger partial charge on any atom is -0.328 e. The Kier molecular flexibility index (Phi) is 1.87. The molecule has 2 atom stereocenters. The van der Waals surface area contributed by atoms with E-state index in [4.69, 9.17) is 5.73 Å². The van der Waals surface area contributed by atoms with Gasteiger partial charge in [-0.2, -0.15) is 5.10 Å². The average Bonchev–Trinajstić information content (AvgIpc) is 2.59. The topological polar surface area (TPSA) is 43.8 Å². The molecule has 2 unspecified atom stereocenters. The summed E-state index contributed by atoms with van der Waals surface area (Å²) in [6.07, 6.45) is 3.34. The van der Waals surface area contributed by atoms with Crippen LogP contribution in [0.25, 0.3) is 0 Å². The quantitative estimate of drug-likeness (QED) is 0.708. The molecule has 4 heteroatoms. The highest BCUT2D eigenvalue weighted by atomic mass is 19.1. The van der Waals surface area contributed by atoms with Gasteiger partial charge in [0.15, 0.2) is 5.67 Å². The Balaban J connectivity index is 2.30. The predicted octanol–water partition coefficient (Wildman–Crippen LogP) is 1.10. The van der Waals surface area contributed by atoms with Crippen molar-refractivity contribution >= 4 is 0 Å². The second-order valence-corrected chi connectivity index (χ2v) is 3.81. The maximum atomic E-state index is 14.2. The number of nitrogens with two attached hydrogens (primary N) is 1. The lowest BCUT2D eigenvalue weighted by Gasteiger charge is -2.19. The second-order valence-electron chi connectivity index (χ2n) is 3.81. The van der Waals surface area contributed by atoms with Crippen molar-refractivity contribution in [3.8, 4) is 0 Å². The van der Waals surface area contributed by atoms with E-state index in [0.29, 0.717) is 18.5 Å². The highest BCUT2D eigenvalue weighted by Gasteiger charge is 2.41. The van der Waals surface area contributed by atoms with E-state index in [1.54, 1.807) is 24.0 Å². The van der Waals surface area contributed by atoms with Crippen LogP contribution in [0.4, 0.5) is 4.39 Å². The molecule has 0 aromatic carbocycles. The van der Waals surface area contributed by atoms with Crippen LogP contribution in [-0.4, -0.2) is 15.8 Å². The highest BCUT2D eigenvalue weighted by Crippen LogP contribution is 2.41. The first-order valence-electron chi connectivity index (χ1n) is 4.55. The van der Waals surface area contributed by atoms with Crippen molar-refractivity contribution in [3.05, 3.63) is 18.0 Å². The van der Waals surface area contributed by atoms with Crippen molar-refractivity contribution in [1.29, 1.82) is 0 Å². The minimum atomic E-state index is -1.25. The molecule has 1 fully saturated rings. The maximum Gasteiger partial charge on any atom is 0.153 e. The van der Waals surface area contributed by atoms with Crippen molar-refractivity contribution in [2.24, 2.45) is 12.8 Å². The van der Waals surface area contributed by atoms with E-state index in [1.807, 2.05) is 0 Å². The number of hydrogen-bond donors (Lipinski definition) is 1. The standard InChI is InChI=1S/C9H14FN3/c1-13-8(3-5-12-13)9(10)4-2-7(11)6-9/h3,5,7H,2,4,6,11H2,1H3. The summed E-state index contributed by atoms with van der Waals surface area (Å²) < 4.78 is 15.8. The number of rotatable bonds is 1. The molecule has 13 heavy (non-hydrogen) atoms. The zero-order valence-corrected chi connectivity index (χ0v) is 7.70. The average molecular weight is 183 g/mol. The lowest BCUT2D eigenvalue weighted by atomic mass is 10.00. The molecule has 3 nitrogen and oxygen atoms in total. The number of aryl methyl sites for hydroxylation is 1. The molecule has 0 bridgehead atoms. The van der Waals surface area contributed by atoms with Crippen LogP contribution in [0.5, 0.6) is 0 Å². The van der Waals surface area contributed by atoms with Gasteiger partial charge in [0.2, 0.25) is 0 Å². The zero-order valence-electron chi connectivity index (χ0n) is 7.70. The Morgan fingerprint density at radius 2 is 2.54 bits per heavy atom. The molecule has 1 heterocycles. The molecule has 0 aliphatic heterocycles. The van der Waals surface area contributed by atoms with Gasteiger partial charge < -0.3 is 5.73 Å². The van der Waals surface area contributed by atoms with E-state index >= 15 is 0 Å². The molecule has 0 radical (unpaired) electrons. The third kappa shape index (κ3) is 1.35. The van der Waals surface area contributed by atoms with Crippen LogP contribution in [0.15, 0.2) is 12.3 Å². The summed E-state index contributed by atoms with van der Waals surface area (Å²) in [6, 6.07) is 1.73. The first kappa shape index (κ1) is 8.69. The first-order valence-corrected chi connectivity index (χ1v) is 4.55. The van der Waals surface area contributed by atoms with Gasteiger partial charge in [0, 0.05) is 25.7 Å². The van der Waals surface area contributed by atoms with Gasteiger partial charge in [0.05, 0.1) is 5.69 Å². The van der Waals surface area contributed by atoms with Gasteiger partial charge in [0.25, 0.3) is 0 Å². The van der Waals surface area contributed by atoms with E-state index in [-0.39, 0.29) is 6.04 Å². The first-order chi connectivity index (χ1) is 6.12. The number of halogens is 1. The van der Waals surface area contributed by atoms with Gasteiger partial charge in [0.1, 0.15) is 0 Å². The van der Waals surface area contributed by atoms with E-state index in [2.05, 4.69) is 5.10 Å². The molecular formula is C9H14FN3. The normalized spacial score (nSPS) is 33.9. The van der Waals surface area contributed by atoms with Gasteiger partial charge in [-0.15, -0.1) is 0 Å². The Morgan fingerprint density at radius 3 is 3.00 bits per heavy atom. The van der Waals surface area contributed by atoms with Gasteiger partial charge >= 0.3 is 0 Å². The monoisotopic (exact) mass is 183 g/mol. The Labute approximate surface area is 76.7 Å². The Bertz CT molecular complexity index is 310. The SMILES string of the molecule is Cn1nccc1C1(F)CCC(N)C1. The number of aromatic nitrogens is 2. The molecule has 0 amide bonds. The van der Waals surface area contributed by atoms with Crippen molar-refractivity contribution in [2.75, 3.05) is 0 Å². The summed E-state index contributed by atoms with van der Waals surface area (Å²) in [5.41, 5.74) is 5.10. The van der Waals surface area contributed by atoms with Crippen LogP contribution in [-0.2, 0) is 12.7 Å². The molecule has 0 spiro atoms. The van der Waals surface area contributed by atoms with Gasteiger partial charge in [-0.3, -0.25) is 4.68 Å². The summed E-state index contributed by atoms with van der Waals surface area (Å²) in [4.78, 5) is 0.